The van der Waals surface area contributed by atoms with Crippen molar-refractivity contribution in [3.8, 4) is 0 Å². The molecule has 5 nitrogen and oxygen atoms in total. The number of piperidine rings is 1. The highest BCUT2D eigenvalue weighted by Crippen LogP contribution is 2.30. The van der Waals surface area contributed by atoms with E-state index < -0.39 is 0 Å². The summed E-state index contributed by atoms with van der Waals surface area (Å²) in [6.07, 6.45) is 8.34. The van der Waals surface area contributed by atoms with Crippen molar-refractivity contribution < 1.29 is 0 Å². The van der Waals surface area contributed by atoms with Crippen LogP contribution in [0.4, 0.5) is 5.95 Å². The molecule has 0 amide bonds. The fourth-order valence-electron chi connectivity index (χ4n) is 2.71. The molecule has 2 rings (SSSR count). The number of nitrogens with one attached hydrogen (secondary N) is 1. The van der Waals surface area contributed by atoms with Crippen molar-refractivity contribution in [2.75, 3.05) is 24.5 Å². The highest BCUT2D eigenvalue weighted by atomic mass is 15.4. The summed E-state index contributed by atoms with van der Waals surface area (Å²) in [6.45, 7) is 7.32. The Morgan fingerprint density at radius 3 is 2.65 bits per heavy atom. The summed E-state index contributed by atoms with van der Waals surface area (Å²) in [5, 5.41) is 7.46. The van der Waals surface area contributed by atoms with Gasteiger partial charge in [0, 0.05) is 19.5 Å². The van der Waals surface area contributed by atoms with E-state index in [4.69, 9.17) is 5.73 Å². The summed E-state index contributed by atoms with van der Waals surface area (Å²) >= 11 is 0. The van der Waals surface area contributed by atoms with Crippen LogP contribution in [0.15, 0.2) is 0 Å². The summed E-state index contributed by atoms with van der Waals surface area (Å²) in [7, 11) is 0. The smallest absolute Gasteiger partial charge is 0.244 e. The van der Waals surface area contributed by atoms with Crippen molar-refractivity contribution in [1.82, 2.24) is 15.2 Å². The molecule has 1 fully saturated rings. The molecule has 1 aromatic rings. The second-order valence-corrected chi connectivity index (χ2v) is 6.39. The van der Waals surface area contributed by atoms with Crippen LogP contribution >= 0.6 is 0 Å². The summed E-state index contributed by atoms with van der Waals surface area (Å²) < 4.78 is 0. The average Bonchev–Trinajstić information content (AvgIpc) is 2.93. The molecule has 0 aromatic carbocycles. The SMILES string of the molecule is CCCCCCc1nc(N2CCC(C)(CN)CC2)n[nH]1. The number of aromatic amines is 1. The van der Waals surface area contributed by atoms with Crippen molar-refractivity contribution in [3.05, 3.63) is 5.82 Å². The zero-order valence-corrected chi connectivity index (χ0v) is 13.0. The molecule has 0 atom stereocenters. The first-order valence-corrected chi connectivity index (χ1v) is 8.03. The lowest BCUT2D eigenvalue weighted by molar-refractivity contribution is 0.257. The van der Waals surface area contributed by atoms with Crippen molar-refractivity contribution in [3.63, 3.8) is 0 Å². The lowest BCUT2D eigenvalue weighted by Crippen LogP contribution is -2.42. The first kappa shape index (κ1) is 15.3. The third-order valence-electron chi connectivity index (χ3n) is 4.53. The van der Waals surface area contributed by atoms with E-state index in [2.05, 4.69) is 33.9 Å². The maximum Gasteiger partial charge on any atom is 0.244 e. The summed E-state index contributed by atoms with van der Waals surface area (Å²) in [4.78, 5) is 6.91. The van der Waals surface area contributed by atoms with Gasteiger partial charge < -0.3 is 10.6 Å². The van der Waals surface area contributed by atoms with Gasteiger partial charge in [-0.2, -0.15) is 4.98 Å². The van der Waals surface area contributed by atoms with Gasteiger partial charge in [-0.15, -0.1) is 5.10 Å². The zero-order chi connectivity index (χ0) is 14.4. The number of nitrogens with zero attached hydrogens (tertiary/aromatic N) is 3. The van der Waals surface area contributed by atoms with Crippen LogP contribution in [0.3, 0.4) is 0 Å². The van der Waals surface area contributed by atoms with Gasteiger partial charge in [-0.05, 0) is 31.2 Å². The number of aryl methyl sites for hydroxylation is 1. The van der Waals surface area contributed by atoms with Crippen LogP contribution in [0.2, 0.25) is 0 Å². The molecule has 5 heteroatoms. The van der Waals surface area contributed by atoms with Crippen LogP contribution in [-0.2, 0) is 6.42 Å². The maximum atomic E-state index is 5.85. The molecule has 0 unspecified atom stereocenters. The van der Waals surface area contributed by atoms with E-state index in [0.717, 1.165) is 50.7 Å². The topological polar surface area (TPSA) is 70.8 Å². The Morgan fingerprint density at radius 1 is 1.25 bits per heavy atom. The van der Waals surface area contributed by atoms with Gasteiger partial charge in [-0.1, -0.05) is 33.1 Å². The molecule has 0 radical (unpaired) electrons. The molecule has 3 N–H and O–H groups in total. The minimum Gasteiger partial charge on any atom is -0.340 e. The van der Waals surface area contributed by atoms with Crippen molar-refractivity contribution in [2.45, 2.75) is 58.8 Å². The predicted octanol–water partition coefficient (Wildman–Crippen LogP) is 2.49. The standard InChI is InChI=1S/C15H29N5/c1-3-4-5-6-7-13-17-14(19-18-13)20-10-8-15(2,12-16)9-11-20/h3-12,16H2,1-2H3,(H,17,18,19). The molecule has 1 saturated heterocycles. The lowest BCUT2D eigenvalue weighted by atomic mass is 9.81. The van der Waals surface area contributed by atoms with Gasteiger partial charge in [0.05, 0.1) is 0 Å². The summed E-state index contributed by atoms with van der Waals surface area (Å²) in [5.41, 5.74) is 6.15. The third-order valence-corrected chi connectivity index (χ3v) is 4.53. The minimum absolute atomic E-state index is 0.301. The van der Waals surface area contributed by atoms with E-state index >= 15 is 0 Å². The van der Waals surface area contributed by atoms with Gasteiger partial charge >= 0.3 is 0 Å². The third kappa shape index (κ3) is 3.95. The van der Waals surface area contributed by atoms with Crippen LogP contribution in [0, 0.1) is 5.41 Å². The summed E-state index contributed by atoms with van der Waals surface area (Å²) in [6, 6.07) is 0. The van der Waals surface area contributed by atoms with Crippen LogP contribution in [0.1, 0.15) is 58.2 Å². The molecule has 0 bridgehead atoms. The Morgan fingerprint density at radius 2 is 2.00 bits per heavy atom. The largest absolute Gasteiger partial charge is 0.340 e. The molecule has 0 saturated carbocycles. The van der Waals surface area contributed by atoms with Gasteiger partial charge in [0.2, 0.25) is 5.95 Å². The van der Waals surface area contributed by atoms with Gasteiger partial charge in [0.25, 0.3) is 0 Å². The fourth-order valence-corrected chi connectivity index (χ4v) is 2.71. The normalized spacial score (nSPS) is 18.4. The van der Waals surface area contributed by atoms with Crippen LogP contribution in [0.25, 0.3) is 0 Å². The van der Waals surface area contributed by atoms with Crippen molar-refractivity contribution in [1.29, 1.82) is 0 Å². The van der Waals surface area contributed by atoms with Gasteiger partial charge in [0.15, 0.2) is 0 Å². The molecule has 114 valence electrons. The van der Waals surface area contributed by atoms with Gasteiger partial charge in [0.1, 0.15) is 5.82 Å². The van der Waals surface area contributed by atoms with E-state index in [1.165, 1.54) is 25.7 Å². The van der Waals surface area contributed by atoms with E-state index in [1.54, 1.807) is 0 Å². The molecular formula is C15H29N5. The first-order valence-electron chi connectivity index (χ1n) is 8.03. The molecule has 2 heterocycles. The monoisotopic (exact) mass is 279 g/mol. The number of unbranched alkanes of at least 4 members (excludes halogenated alkanes) is 3. The van der Waals surface area contributed by atoms with Crippen molar-refractivity contribution >= 4 is 5.95 Å². The Balaban J connectivity index is 1.81. The minimum atomic E-state index is 0.301. The number of anilines is 1. The molecule has 1 aliphatic heterocycles. The van der Waals surface area contributed by atoms with E-state index in [9.17, 15) is 0 Å². The molecule has 20 heavy (non-hydrogen) atoms. The predicted molar refractivity (Wildman–Crippen MR) is 82.8 cm³/mol. The Labute approximate surface area is 122 Å². The second kappa shape index (κ2) is 7.07. The Bertz CT molecular complexity index is 393. The number of hydrogen-bond donors (Lipinski definition) is 2. The number of rotatable bonds is 7. The quantitative estimate of drug-likeness (QED) is 0.752. The van der Waals surface area contributed by atoms with Crippen LogP contribution in [-0.4, -0.2) is 34.8 Å². The zero-order valence-electron chi connectivity index (χ0n) is 13.0. The van der Waals surface area contributed by atoms with Crippen molar-refractivity contribution in [2.24, 2.45) is 11.1 Å². The van der Waals surface area contributed by atoms with E-state index in [1.807, 2.05) is 0 Å². The first-order chi connectivity index (χ1) is 9.67. The molecular weight excluding hydrogens is 250 g/mol. The maximum absolute atomic E-state index is 5.85. The fraction of sp³-hybridized carbons (Fsp3) is 0.867. The number of H-pyrrole nitrogens is 1. The van der Waals surface area contributed by atoms with Crippen LogP contribution in [0.5, 0.6) is 0 Å². The summed E-state index contributed by atoms with van der Waals surface area (Å²) in [5.74, 6) is 1.90. The van der Waals surface area contributed by atoms with E-state index in [0.29, 0.717) is 5.41 Å². The van der Waals surface area contributed by atoms with E-state index in [-0.39, 0.29) is 0 Å². The molecule has 1 aliphatic rings. The Kier molecular flexibility index (Phi) is 5.40. The van der Waals surface area contributed by atoms with Gasteiger partial charge in [-0.25, -0.2) is 0 Å². The Hall–Kier alpha value is -1.10. The average molecular weight is 279 g/mol. The number of hydrogen-bond acceptors (Lipinski definition) is 4. The lowest BCUT2D eigenvalue weighted by Gasteiger charge is -2.38. The van der Waals surface area contributed by atoms with Crippen LogP contribution < -0.4 is 10.6 Å². The molecule has 0 spiro atoms. The highest BCUT2D eigenvalue weighted by molar-refractivity contribution is 5.29. The molecule has 0 aliphatic carbocycles. The number of aromatic nitrogens is 3. The van der Waals surface area contributed by atoms with Gasteiger partial charge in [-0.3, -0.25) is 5.10 Å². The second-order valence-electron chi connectivity index (χ2n) is 6.39. The molecule has 1 aromatic heterocycles. The number of nitrogens with two attached hydrogens (primary N) is 1. The highest BCUT2D eigenvalue weighted by Gasteiger charge is 2.29.